The van der Waals surface area contributed by atoms with Crippen LogP contribution < -0.4 is 10.6 Å². The molecule has 0 aliphatic carbocycles. The Labute approximate surface area is 127 Å². The van der Waals surface area contributed by atoms with Gasteiger partial charge in [0.1, 0.15) is 6.04 Å². The zero-order valence-electron chi connectivity index (χ0n) is 11.1. The highest BCUT2D eigenvalue weighted by Crippen LogP contribution is 2.25. The molecule has 2 amide bonds. The van der Waals surface area contributed by atoms with Gasteiger partial charge in [0.25, 0.3) is 0 Å². The lowest BCUT2D eigenvalue weighted by Crippen LogP contribution is -2.43. The SMILES string of the molecule is CC(C)C[C@@H](NC(=O)Nc1cc(Cl)ccc1Cl)C(=O)O. The summed E-state index contributed by atoms with van der Waals surface area (Å²) in [5, 5.41) is 14.7. The van der Waals surface area contributed by atoms with E-state index in [1.807, 2.05) is 13.8 Å². The van der Waals surface area contributed by atoms with Gasteiger partial charge in [0.15, 0.2) is 0 Å². The Morgan fingerprint density at radius 2 is 1.95 bits per heavy atom. The summed E-state index contributed by atoms with van der Waals surface area (Å²) in [4.78, 5) is 22.8. The molecule has 20 heavy (non-hydrogen) atoms. The third-order valence-corrected chi connectivity index (χ3v) is 3.05. The Balaban J connectivity index is 2.70. The molecule has 0 unspecified atom stereocenters. The highest BCUT2D eigenvalue weighted by Gasteiger charge is 2.21. The van der Waals surface area contributed by atoms with E-state index in [2.05, 4.69) is 10.6 Å². The van der Waals surface area contributed by atoms with Crippen molar-refractivity contribution < 1.29 is 14.7 Å². The summed E-state index contributed by atoms with van der Waals surface area (Å²) < 4.78 is 0. The number of hydrogen-bond donors (Lipinski definition) is 3. The van der Waals surface area contributed by atoms with Crippen LogP contribution in [0.5, 0.6) is 0 Å². The van der Waals surface area contributed by atoms with E-state index in [0.29, 0.717) is 22.2 Å². The van der Waals surface area contributed by atoms with Crippen LogP contribution in [0, 0.1) is 5.92 Å². The molecule has 5 nitrogen and oxygen atoms in total. The van der Waals surface area contributed by atoms with E-state index in [4.69, 9.17) is 28.3 Å². The number of carboxylic acids is 1. The Kier molecular flexibility index (Phi) is 6.10. The molecule has 0 radical (unpaired) electrons. The molecule has 7 heteroatoms. The zero-order valence-corrected chi connectivity index (χ0v) is 12.6. The molecule has 0 spiro atoms. The van der Waals surface area contributed by atoms with Crippen LogP contribution in [-0.2, 0) is 4.79 Å². The van der Waals surface area contributed by atoms with E-state index in [9.17, 15) is 9.59 Å². The van der Waals surface area contributed by atoms with Gasteiger partial charge < -0.3 is 15.7 Å². The molecule has 0 saturated heterocycles. The number of nitrogens with one attached hydrogen (secondary N) is 2. The van der Waals surface area contributed by atoms with Gasteiger partial charge in [-0.25, -0.2) is 9.59 Å². The monoisotopic (exact) mass is 318 g/mol. The quantitative estimate of drug-likeness (QED) is 0.775. The van der Waals surface area contributed by atoms with Gasteiger partial charge in [-0.2, -0.15) is 0 Å². The highest BCUT2D eigenvalue weighted by molar-refractivity contribution is 6.35. The zero-order chi connectivity index (χ0) is 15.3. The molecule has 0 bridgehead atoms. The second-order valence-electron chi connectivity index (χ2n) is 4.74. The molecule has 0 fully saturated rings. The van der Waals surface area contributed by atoms with E-state index < -0.39 is 18.0 Å². The van der Waals surface area contributed by atoms with Crippen molar-refractivity contribution in [2.24, 2.45) is 5.92 Å². The van der Waals surface area contributed by atoms with E-state index in [-0.39, 0.29) is 5.92 Å². The normalized spacial score (nSPS) is 12.1. The second-order valence-corrected chi connectivity index (χ2v) is 5.59. The minimum Gasteiger partial charge on any atom is -0.480 e. The third-order valence-electron chi connectivity index (χ3n) is 2.49. The van der Waals surface area contributed by atoms with Crippen molar-refractivity contribution in [2.45, 2.75) is 26.3 Å². The minimum absolute atomic E-state index is 0.145. The van der Waals surface area contributed by atoms with Crippen LogP contribution in [0.25, 0.3) is 0 Å². The first-order valence-corrected chi connectivity index (χ1v) is 6.80. The number of benzene rings is 1. The van der Waals surface area contributed by atoms with E-state index in [1.165, 1.54) is 6.07 Å². The lowest BCUT2D eigenvalue weighted by atomic mass is 10.0. The molecule has 1 atom stereocenters. The predicted molar refractivity (Wildman–Crippen MR) is 79.5 cm³/mol. The second kappa shape index (κ2) is 7.36. The maximum atomic E-state index is 11.8. The Morgan fingerprint density at radius 1 is 1.30 bits per heavy atom. The summed E-state index contributed by atoms with van der Waals surface area (Å²) in [6, 6.07) is 3.03. The topological polar surface area (TPSA) is 78.4 Å². The maximum Gasteiger partial charge on any atom is 0.326 e. The van der Waals surface area contributed by atoms with Crippen LogP contribution in [0.1, 0.15) is 20.3 Å². The molecular weight excluding hydrogens is 303 g/mol. The smallest absolute Gasteiger partial charge is 0.326 e. The Bertz CT molecular complexity index is 506. The summed E-state index contributed by atoms with van der Waals surface area (Å²) in [6.07, 6.45) is 0.339. The van der Waals surface area contributed by atoms with Crippen LogP contribution in [0.2, 0.25) is 10.0 Å². The van der Waals surface area contributed by atoms with Crippen molar-refractivity contribution in [1.29, 1.82) is 0 Å². The summed E-state index contributed by atoms with van der Waals surface area (Å²) in [5.74, 6) is -0.933. The van der Waals surface area contributed by atoms with E-state index in [1.54, 1.807) is 12.1 Å². The molecule has 1 aromatic carbocycles. The largest absolute Gasteiger partial charge is 0.480 e. The lowest BCUT2D eigenvalue weighted by molar-refractivity contribution is -0.139. The molecule has 1 aromatic rings. The summed E-state index contributed by atoms with van der Waals surface area (Å²) >= 11 is 11.7. The van der Waals surface area contributed by atoms with Crippen LogP contribution in [0.4, 0.5) is 10.5 Å². The van der Waals surface area contributed by atoms with Crippen molar-refractivity contribution in [1.82, 2.24) is 5.32 Å². The first-order valence-electron chi connectivity index (χ1n) is 6.05. The number of carbonyl (C=O) groups is 2. The number of anilines is 1. The average Bonchev–Trinajstić information content (AvgIpc) is 2.32. The molecule has 3 N–H and O–H groups in total. The number of urea groups is 1. The third kappa shape index (κ3) is 5.27. The van der Waals surface area contributed by atoms with E-state index in [0.717, 1.165) is 0 Å². The van der Waals surface area contributed by atoms with Crippen LogP contribution in [0.3, 0.4) is 0 Å². The molecule has 1 rings (SSSR count). The fraction of sp³-hybridized carbons (Fsp3) is 0.385. The van der Waals surface area contributed by atoms with Crippen molar-refractivity contribution in [3.8, 4) is 0 Å². The van der Waals surface area contributed by atoms with Gasteiger partial charge in [-0.3, -0.25) is 0 Å². The maximum absolute atomic E-state index is 11.8. The number of carboxylic acid groups (broad SMARTS) is 1. The molecule has 0 aliphatic heterocycles. The summed E-state index contributed by atoms with van der Waals surface area (Å²) in [5.41, 5.74) is 0.324. The Hall–Kier alpha value is -1.46. The number of aliphatic carboxylic acids is 1. The van der Waals surface area contributed by atoms with Gasteiger partial charge in [0.05, 0.1) is 10.7 Å². The van der Waals surface area contributed by atoms with Crippen molar-refractivity contribution in [3.05, 3.63) is 28.2 Å². The van der Waals surface area contributed by atoms with Crippen molar-refractivity contribution >= 4 is 40.9 Å². The fourth-order valence-corrected chi connectivity index (χ4v) is 1.94. The van der Waals surface area contributed by atoms with E-state index >= 15 is 0 Å². The van der Waals surface area contributed by atoms with Gasteiger partial charge in [0, 0.05) is 5.02 Å². The molecule has 110 valence electrons. The molecule has 0 heterocycles. The number of carbonyl (C=O) groups excluding carboxylic acids is 1. The van der Waals surface area contributed by atoms with Gasteiger partial charge in [0.2, 0.25) is 0 Å². The van der Waals surface area contributed by atoms with Gasteiger partial charge in [-0.05, 0) is 30.5 Å². The Morgan fingerprint density at radius 3 is 2.50 bits per heavy atom. The van der Waals surface area contributed by atoms with Crippen LogP contribution >= 0.6 is 23.2 Å². The summed E-state index contributed by atoms with van der Waals surface area (Å²) in [7, 11) is 0. The van der Waals surface area contributed by atoms with Gasteiger partial charge >= 0.3 is 12.0 Å². The van der Waals surface area contributed by atoms with Crippen LogP contribution in [-0.4, -0.2) is 23.1 Å². The lowest BCUT2D eigenvalue weighted by Gasteiger charge is -2.17. The molecule has 0 saturated carbocycles. The van der Waals surface area contributed by atoms with Crippen molar-refractivity contribution in [3.63, 3.8) is 0 Å². The molecular formula is C13H16Cl2N2O3. The number of halogens is 2. The predicted octanol–water partition coefficient (Wildman–Crippen LogP) is 3.61. The number of rotatable bonds is 5. The van der Waals surface area contributed by atoms with Crippen molar-refractivity contribution in [2.75, 3.05) is 5.32 Å². The summed E-state index contributed by atoms with van der Waals surface area (Å²) in [6.45, 7) is 3.76. The standard InChI is InChI=1S/C13H16Cl2N2O3/c1-7(2)5-11(12(18)19)17-13(20)16-10-6-8(14)3-4-9(10)15/h3-4,6-7,11H,5H2,1-2H3,(H,18,19)(H2,16,17,20)/t11-/m1/s1. The van der Waals surface area contributed by atoms with Crippen LogP contribution in [0.15, 0.2) is 18.2 Å². The molecule has 0 aromatic heterocycles. The molecule has 0 aliphatic rings. The highest BCUT2D eigenvalue weighted by atomic mass is 35.5. The van der Waals surface area contributed by atoms with Gasteiger partial charge in [-0.1, -0.05) is 37.0 Å². The first-order chi connectivity index (χ1) is 9.29. The first kappa shape index (κ1) is 16.6. The number of hydrogen-bond acceptors (Lipinski definition) is 2. The minimum atomic E-state index is -1.08. The van der Waals surface area contributed by atoms with Gasteiger partial charge in [-0.15, -0.1) is 0 Å². The fourth-order valence-electron chi connectivity index (χ4n) is 1.60. The number of amides is 2. The average molecular weight is 319 g/mol.